The number of oxazole rings is 1. The largest absolute Gasteiger partial charge is 0.439 e. The molecule has 3 N–H and O–H groups in total. The summed E-state index contributed by atoms with van der Waals surface area (Å²) in [6.07, 6.45) is 2.07. The Morgan fingerprint density at radius 1 is 1.44 bits per heavy atom. The minimum atomic E-state index is -3.70. The number of primary sulfonamides is 1. The average molecular weight is 267 g/mol. The van der Waals surface area contributed by atoms with E-state index in [0.717, 1.165) is 19.4 Å². The second-order valence-corrected chi connectivity index (χ2v) is 5.94. The summed E-state index contributed by atoms with van der Waals surface area (Å²) in [4.78, 5) is 4.37. The highest BCUT2D eigenvalue weighted by molar-refractivity contribution is 7.89. The normalized spacial score (nSPS) is 20.6. The van der Waals surface area contributed by atoms with Gasteiger partial charge in [0.25, 0.3) is 0 Å². The van der Waals surface area contributed by atoms with E-state index in [1.165, 1.54) is 12.1 Å². The van der Waals surface area contributed by atoms with Crippen molar-refractivity contribution in [2.24, 2.45) is 5.14 Å². The molecule has 2 aromatic rings. The number of rotatable bonds is 2. The monoisotopic (exact) mass is 267 g/mol. The number of sulfonamides is 1. The molecule has 1 aromatic carbocycles. The van der Waals surface area contributed by atoms with Crippen molar-refractivity contribution in [3.8, 4) is 0 Å². The van der Waals surface area contributed by atoms with Crippen molar-refractivity contribution in [3.05, 3.63) is 24.1 Å². The number of benzene rings is 1. The summed E-state index contributed by atoms with van der Waals surface area (Å²) >= 11 is 0. The summed E-state index contributed by atoms with van der Waals surface area (Å²) in [5.74, 6) is 0.606. The molecule has 6 nitrogen and oxygen atoms in total. The van der Waals surface area contributed by atoms with Gasteiger partial charge < -0.3 is 9.73 Å². The van der Waals surface area contributed by atoms with Crippen LogP contribution >= 0.6 is 0 Å². The Morgan fingerprint density at radius 2 is 2.28 bits per heavy atom. The second kappa shape index (κ2) is 4.04. The Kier molecular flexibility index (Phi) is 2.61. The van der Waals surface area contributed by atoms with E-state index in [4.69, 9.17) is 9.56 Å². The SMILES string of the molecule is NS(=O)(=O)c1ccc2oc([C@@H]3CCCN3)nc2c1. The van der Waals surface area contributed by atoms with Crippen LogP contribution in [0.4, 0.5) is 0 Å². The van der Waals surface area contributed by atoms with Gasteiger partial charge in [-0.2, -0.15) is 0 Å². The first-order valence-electron chi connectivity index (χ1n) is 5.71. The van der Waals surface area contributed by atoms with Gasteiger partial charge in [0.1, 0.15) is 5.52 Å². The molecule has 1 saturated heterocycles. The summed E-state index contributed by atoms with van der Waals surface area (Å²) in [5, 5.41) is 8.36. The number of hydrogen-bond donors (Lipinski definition) is 2. The Bertz CT molecular complexity index is 687. The van der Waals surface area contributed by atoms with Crippen LogP contribution in [0.15, 0.2) is 27.5 Å². The zero-order chi connectivity index (χ0) is 12.8. The highest BCUT2D eigenvalue weighted by atomic mass is 32.2. The zero-order valence-electron chi connectivity index (χ0n) is 9.59. The third-order valence-corrected chi connectivity index (χ3v) is 3.97. The first kappa shape index (κ1) is 11.6. The van der Waals surface area contributed by atoms with E-state index in [-0.39, 0.29) is 10.9 Å². The van der Waals surface area contributed by atoms with Gasteiger partial charge in [-0.05, 0) is 37.6 Å². The van der Waals surface area contributed by atoms with Crippen LogP contribution in [0, 0.1) is 0 Å². The molecule has 96 valence electrons. The highest BCUT2D eigenvalue weighted by Crippen LogP contribution is 2.26. The van der Waals surface area contributed by atoms with E-state index in [2.05, 4.69) is 10.3 Å². The Labute approximate surface area is 104 Å². The lowest BCUT2D eigenvalue weighted by molar-refractivity contribution is 0.452. The standard InChI is InChI=1S/C11H13N3O3S/c12-18(15,16)7-3-4-10-9(6-7)14-11(17-10)8-2-1-5-13-8/h3-4,6,8,13H,1-2,5H2,(H2,12,15,16)/t8-/m0/s1. The van der Waals surface area contributed by atoms with Gasteiger partial charge in [-0.3, -0.25) is 0 Å². The number of aromatic nitrogens is 1. The van der Waals surface area contributed by atoms with Crippen molar-refractivity contribution in [1.82, 2.24) is 10.3 Å². The first-order chi connectivity index (χ1) is 8.54. The van der Waals surface area contributed by atoms with Gasteiger partial charge in [0.05, 0.1) is 10.9 Å². The van der Waals surface area contributed by atoms with Crippen molar-refractivity contribution in [1.29, 1.82) is 0 Å². The molecular formula is C11H13N3O3S. The topological polar surface area (TPSA) is 98.2 Å². The predicted molar refractivity (Wildman–Crippen MR) is 65.4 cm³/mol. The van der Waals surface area contributed by atoms with Crippen molar-refractivity contribution < 1.29 is 12.8 Å². The van der Waals surface area contributed by atoms with E-state index in [1.807, 2.05) is 0 Å². The molecule has 0 spiro atoms. The maximum Gasteiger partial charge on any atom is 0.238 e. The summed E-state index contributed by atoms with van der Waals surface area (Å²) in [7, 11) is -3.70. The van der Waals surface area contributed by atoms with Crippen molar-refractivity contribution in [3.63, 3.8) is 0 Å². The maximum atomic E-state index is 11.2. The molecule has 0 amide bonds. The molecule has 2 heterocycles. The highest BCUT2D eigenvalue weighted by Gasteiger charge is 2.22. The van der Waals surface area contributed by atoms with E-state index >= 15 is 0 Å². The fraction of sp³-hybridized carbons (Fsp3) is 0.364. The van der Waals surface area contributed by atoms with E-state index in [0.29, 0.717) is 17.0 Å². The van der Waals surface area contributed by atoms with Crippen molar-refractivity contribution in [2.45, 2.75) is 23.8 Å². The molecule has 0 bridgehead atoms. The quantitative estimate of drug-likeness (QED) is 0.842. The van der Waals surface area contributed by atoms with Crippen LogP contribution < -0.4 is 10.5 Å². The van der Waals surface area contributed by atoms with Crippen LogP contribution in [-0.4, -0.2) is 19.9 Å². The van der Waals surface area contributed by atoms with Crippen LogP contribution in [0.25, 0.3) is 11.1 Å². The summed E-state index contributed by atoms with van der Waals surface area (Å²) < 4.78 is 28.1. The number of hydrogen-bond acceptors (Lipinski definition) is 5. The average Bonchev–Trinajstić information content (AvgIpc) is 2.95. The van der Waals surface area contributed by atoms with Crippen molar-refractivity contribution >= 4 is 21.1 Å². The van der Waals surface area contributed by atoms with Gasteiger partial charge in [0.15, 0.2) is 5.58 Å². The summed E-state index contributed by atoms with van der Waals surface area (Å²) in [5.41, 5.74) is 1.09. The second-order valence-electron chi connectivity index (χ2n) is 4.38. The lowest BCUT2D eigenvalue weighted by Crippen LogP contribution is -2.12. The number of fused-ring (bicyclic) bond motifs is 1. The molecule has 7 heteroatoms. The van der Waals surface area contributed by atoms with Crippen LogP contribution in [0.1, 0.15) is 24.8 Å². The molecule has 0 saturated carbocycles. The van der Waals surface area contributed by atoms with Gasteiger partial charge in [-0.1, -0.05) is 0 Å². The van der Waals surface area contributed by atoms with E-state index in [1.54, 1.807) is 6.07 Å². The molecule has 1 aromatic heterocycles. The molecule has 1 aliphatic rings. The Morgan fingerprint density at radius 3 is 2.94 bits per heavy atom. The molecule has 3 rings (SSSR count). The molecule has 0 radical (unpaired) electrons. The lowest BCUT2D eigenvalue weighted by atomic mass is 10.2. The lowest BCUT2D eigenvalue weighted by Gasteiger charge is -2.02. The van der Waals surface area contributed by atoms with Crippen LogP contribution in [-0.2, 0) is 10.0 Å². The number of nitrogens with zero attached hydrogens (tertiary/aromatic N) is 1. The number of nitrogens with one attached hydrogen (secondary N) is 1. The van der Waals surface area contributed by atoms with Crippen LogP contribution in [0.5, 0.6) is 0 Å². The summed E-state index contributed by atoms with van der Waals surface area (Å²) in [6, 6.07) is 4.57. The first-order valence-corrected chi connectivity index (χ1v) is 7.25. The summed E-state index contributed by atoms with van der Waals surface area (Å²) in [6.45, 7) is 0.950. The Balaban J connectivity index is 2.06. The fourth-order valence-corrected chi connectivity index (χ4v) is 2.68. The zero-order valence-corrected chi connectivity index (χ0v) is 10.4. The van der Waals surface area contributed by atoms with Crippen LogP contribution in [0.3, 0.4) is 0 Å². The van der Waals surface area contributed by atoms with Crippen molar-refractivity contribution in [2.75, 3.05) is 6.54 Å². The molecule has 1 atom stereocenters. The third kappa shape index (κ3) is 2.00. The Hall–Kier alpha value is -1.44. The third-order valence-electron chi connectivity index (χ3n) is 3.06. The molecule has 1 aliphatic heterocycles. The maximum absolute atomic E-state index is 11.2. The fourth-order valence-electron chi connectivity index (χ4n) is 2.15. The minimum Gasteiger partial charge on any atom is -0.439 e. The van der Waals surface area contributed by atoms with Gasteiger partial charge in [0.2, 0.25) is 15.9 Å². The molecule has 1 fully saturated rings. The van der Waals surface area contributed by atoms with E-state index in [9.17, 15) is 8.42 Å². The van der Waals surface area contributed by atoms with Gasteiger partial charge in [-0.15, -0.1) is 0 Å². The van der Waals surface area contributed by atoms with Gasteiger partial charge >= 0.3 is 0 Å². The molecular weight excluding hydrogens is 254 g/mol. The molecule has 0 unspecified atom stereocenters. The number of nitrogens with two attached hydrogens (primary N) is 1. The smallest absolute Gasteiger partial charge is 0.238 e. The molecule has 0 aliphatic carbocycles. The predicted octanol–water partition coefficient (Wildman–Crippen LogP) is 0.900. The van der Waals surface area contributed by atoms with Gasteiger partial charge in [0, 0.05) is 0 Å². The molecule has 18 heavy (non-hydrogen) atoms. The van der Waals surface area contributed by atoms with Gasteiger partial charge in [-0.25, -0.2) is 18.5 Å². The van der Waals surface area contributed by atoms with Crippen LogP contribution in [0.2, 0.25) is 0 Å². The van der Waals surface area contributed by atoms with E-state index < -0.39 is 10.0 Å². The minimum absolute atomic E-state index is 0.0502.